The van der Waals surface area contributed by atoms with Crippen molar-refractivity contribution in [1.82, 2.24) is 4.90 Å². The Labute approximate surface area is 184 Å². The smallest absolute Gasteiger partial charge is 0.282 e. The molecule has 0 bridgehead atoms. The van der Waals surface area contributed by atoms with Crippen molar-refractivity contribution in [1.29, 1.82) is 0 Å². The zero-order valence-electron chi connectivity index (χ0n) is 17.5. The van der Waals surface area contributed by atoms with Crippen LogP contribution in [0.15, 0.2) is 54.2 Å². The van der Waals surface area contributed by atoms with E-state index >= 15 is 0 Å². The number of rotatable bonds is 5. The van der Waals surface area contributed by atoms with Crippen LogP contribution in [-0.4, -0.2) is 40.6 Å². The van der Waals surface area contributed by atoms with Gasteiger partial charge in [0.2, 0.25) is 5.91 Å². The van der Waals surface area contributed by atoms with Gasteiger partial charge in [-0.2, -0.15) is 0 Å². The SMILES string of the molecule is CC(=O)Nc1ccc(N2C(=O)C(c3ccc([N+](=O)[O-])cc3)=C(N3CCCCC3)C2=O)cc1. The van der Waals surface area contributed by atoms with E-state index in [1.165, 1.54) is 31.2 Å². The second kappa shape index (κ2) is 8.62. The monoisotopic (exact) mass is 434 g/mol. The number of imide groups is 1. The van der Waals surface area contributed by atoms with Crippen molar-refractivity contribution in [3.05, 3.63) is 69.9 Å². The Balaban J connectivity index is 1.74. The molecule has 2 aromatic carbocycles. The molecule has 0 spiro atoms. The van der Waals surface area contributed by atoms with Gasteiger partial charge in [0.1, 0.15) is 5.70 Å². The lowest BCUT2D eigenvalue weighted by Gasteiger charge is -2.29. The molecule has 32 heavy (non-hydrogen) atoms. The van der Waals surface area contributed by atoms with Crippen LogP contribution in [0.3, 0.4) is 0 Å². The van der Waals surface area contributed by atoms with Crippen LogP contribution in [0.2, 0.25) is 0 Å². The predicted molar refractivity (Wildman–Crippen MR) is 119 cm³/mol. The number of hydrogen-bond donors (Lipinski definition) is 1. The van der Waals surface area contributed by atoms with Crippen molar-refractivity contribution in [2.75, 3.05) is 23.3 Å². The Morgan fingerprint density at radius 3 is 2.12 bits per heavy atom. The van der Waals surface area contributed by atoms with E-state index in [0.29, 0.717) is 35.7 Å². The van der Waals surface area contributed by atoms with Crippen molar-refractivity contribution >= 4 is 40.4 Å². The Hall–Kier alpha value is -4.01. The van der Waals surface area contributed by atoms with Gasteiger partial charge in [0.05, 0.1) is 16.2 Å². The molecular weight excluding hydrogens is 412 g/mol. The lowest BCUT2D eigenvalue weighted by molar-refractivity contribution is -0.384. The van der Waals surface area contributed by atoms with E-state index in [0.717, 1.165) is 24.2 Å². The van der Waals surface area contributed by atoms with Crippen LogP contribution in [0.4, 0.5) is 17.1 Å². The van der Waals surface area contributed by atoms with Crippen LogP contribution in [0, 0.1) is 10.1 Å². The topological polar surface area (TPSA) is 113 Å². The number of non-ortho nitro benzene ring substituents is 1. The average Bonchev–Trinajstić information content (AvgIpc) is 3.04. The molecule has 1 N–H and O–H groups in total. The van der Waals surface area contributed by atoms with Gasteiger partial charge in [-0.15, -0.1) is 0 Å². The van der Waals surface area contributed by atoms with Gasteiger partial charge < -0.3 is 10.2 Å². The third kappa shape index (κ3) is 3.96. The third-order valence-electron chi connectivity index (χ3n) is 5.54. The highest BCUT2D eigenvalue weighted by Crippen LogP contribution is 2.36. The van der Waals surface area contributed by atoms with Gasteiger partial charge in [0.25, 0.3) is 17.5 Å². The number of nitrogens with zero attached hydrogens (tertiary/aromatic N) is 3. The van der Waals surface area contributed by atoms with Crippen LogP contribution in [0.25, 0.3) is 5.57 Å². The first-order chi connectivity index (χ1) is 15.4. The lowest BCUT2D eigenvalue weighted by Crippen LogP contribution is -2.37. The fraction of sp³-hybridized carbons (Fsp3) is 0.261. The number of nitro benzene ring substituents is 1. The summed E-state index contributed by atoms with van der Waals surface area (Å²) in [5.74, 6) is -1.12. The molecule has 1 fully saturated rings. The molecule has 0 aliphatic carbocycles. The van der Waals surface area contributed by atoms with E-state index in [9.17, 15) is 24.5 Å². The van der Waals surface area contributed by atoms with Gasteiger partial charge in [-0.1, -0.05) is 0 Å². The molecule has 0 saturated carbocycles. The normalized spacial score (nSPS) is 16.5. The van der Waals surface area contributed by atoms with E-state index in [2.05, 4.69) is 5.32 Å². The molecule has 0 unspecified atom stereocenters. The number of hydrogen-bond acceptors (Lipinski definition) is 6. The number of benzene rings is 2. The summed E-state index contributed by atoms with van der Waals surface area (Å²) in [6, 6.07) is 12.1. The highest BCUT2D eigenvalue weighted by atomic mass is 16.6. The van der Waals surface area contributed by atoms with Crippen molar-refractivity contribution in [3.63, 3.8) is 0 Å². The van der Waals surface area contributed by atoms with E-state index < -0.39 is 16.7 Å². The zero-order chi connectivity index (χ0) is 22.8. The van der Waals surface area contributed by atoms with Gasteiger partial charge >= 0.3 is 0 Å². The Morgan fingerprint density at radius 1 is 0.938 bits per heavy atom. The Morgan fingerprint density at radius 2 is 1.56 bits per heavy atom. The molecule has 3 amide bonds. The number of carbonyl (C=O) groups excluding carboxylic acids is 3. The lowest BCUT2D eigenvalue weighted by atomic mass is 10.0. The van der Waals surface area contributed by atoms with Crippen LogP contribution in [0.5, 0.6) is 0 Å². The van der Waals surface area contributed by atoms with Crippen LogP contribution in [0.1, 0.15) is 31.7 Å². The van der Waals surface area contributed by atoms with Crippen molar-refractivity contribution in [3.8, 4) is 0 Å². The van der Waals surface area contributed by atoms with E-state index in [1.807, 2.05) is 4.90 Å². The molecule has 2 heterocycles. The second-order valence-electron chi connectivity index (χ2n) is 7.75. The number of likely N-dealkylation sites (tertiary alicyclic amines) is 1. The van der Waals surface area contributed by atoms with Crippen molar-refractivity contribution in [2.45, 2.75) is 26.2 Å². The quantitative estimate of drug-likeness (QED) is 0.439. The molecule has 9 nitrogen and oxygen atoms in total. The maximum absolute atomic E-state index is 13.5. The van der Waals surface area contributed by atoms with Crippen LogP contribution in [-0.2, 0) is 14.4 Å². The first kappa shape index (κ1) is 21.2. The van der Waals surface area contributed by atoms with Crippen molar-refractivity contribution in [2.24, 2.45) is 0 Å². The zero-order valence-corrected chi connectivity index (χ0v) is 17.5. The largest absolute Gasteiger partial charge is 0.366 e. The molecule has 4 rings (SSSR count). The Kier molecular flexibility index (Phi) is 5.72. The third-order valence-corrected chi connectivity index (χ3v) is 5.54. The maximum Gasteiger partial charge on any atom is 0.282 e. The summed E-state index contributed by atoms with van der Waals surface area (Å²) in [6.07, 6.45) is 2.90. The fourth-order valence-electron chi connectivity index (χ4n) is 4.07. The number of nitrogens with one attached hydrogen (secondary N) is 1. The summed E-state index contributed by atoms with van der Waals surface area (Å²) in [4.78, 5) is 51.8. The molecule has 2 aliphatic heterocycles. The molecule has 9 heteroatoms. The van der Waals surface area contributed by atoms with E-state index in [4.69, 9.17) is 0 Å². The molecular formula is C23H22N4O5. The minimum atomic E-state index is -0.506. The van der Waals surface area contributed by atoms with Gasteiger partial charge in [0.15, 0.2) is 0 Å². The van der Waals surface area contributed by atoms with Crippen LogP contribution >= 0.6 is 0 Å². The number of amides is 3. The summed E-state index contributed by atoms with van der Waals surface area (Å²) >= 11 is 0. The van der Waals surface area contributed by atoms with Gasteiger partial charge in [0, 0.05) is 37.8 Å². The molecule has 2 aliphatic rings. The summed E-state index contributed by atoms with van der Waals surface area (Å²) in [6.45, 7) is 2.73. The minimum Gasteiger partial charge on any atom is -0.366 e. The Bertz CT molecular complexity index is 1120. The molecule has 2 aromatic rings. The molecule has 1 saturated heterocycles. The fourth-order valence-corrected chi connectivity index (χ4v) is 4.07. The summed E-state index contributed by atoms with van der Waals surface area (Å²) in [5.41, 5.74) is 1.90. The van der Waals surface area contributed by atoms with Gasteiger partial charge in [-0.25, -0.2) is 4.90 Å². The molecule has 164 valence electrons. The van der Waals surface area contributed by atoms with Crippen LogP contribution < -0.4 is 10.2 Å². The summed E-state index contributed by atoms with van der Waals surface area (Å²) in [7, 11) is 0. The molecule has 0 atom stereocenters. The number of nitro groups is 1. The molecule has 0 radical (unpaired) electrons. The van der Waals surface area contributed by atoms with Gasteiger partial charge in [-0.3, -0.25) is 24.5 Å². The average molecular weight is 434 g/mol. The number of piperidine rings is 1. The highest BCUT2D eigenvalue weighted by Gasteiger charge is 2.42. The maximum atomic E-state index is 13.5. The van der Waals surface area contributed by atoms with E-state index in [1.54, 1.807) is 24.3 Å². The number of carbonyl (C=O) groups is 3. The molecule has 0 aromatic heterocycles. The van der Waals surface area contributed by atoms with Crippen molar-refractivity contribution < 1.29 is 19.3 Å². The first-order valence-electron chi connectivity index (χ1n) is 10.4. The second-order valence-corrected chi connectivity index (χ2v) is 7.75. The first-order valence-corrected chi connectivity index (χ1v) is 10.4. The van der Waals surface area contributed by atoms with Gasteiger partial charge in [-0.05, 0) is 61.2 Å². The minimum absolute atomic E-state index is 0.0870. The highest BCUT2D eigenvalue weighted by molar-refractivity contribution is 6.45. The summed E-state index contributed by atoms with van der Waals surface area (Å²) in [5, 5.41) is 13.7. The predicted octanol–water partition coefficient (Wildman–Crippen LogP) is 3.32. The van der Waals surface area contributed by atoms with E-state index in [-0.39, 0.29) is 17.2 Å². The standard InChI is InChI=1S/C23H22N4O5/c1-15(28)24-17-7-11-18(12-8-17)26-22(29)20(16-5-9-19(10-6-16)27(31)32)21(23(26)30)25-13-3-2-4-14-25/h5-12H,2-4,13-14H2,1H3,(H,24,28). The summed E-state index contributed by atoms with van der Waals surface area (Å²) < 4.78 is 0. The number of anilines is 2.